The molecule has 0 bridgehead atoms. The molecule has 0 radical (unpaired) electrons. The van der Waals surface area contributed by atoms with Crippen molar-refractivity contribution in [2.24, 2.45) is 11.7 Å². The van der Waals surface area contributed by atoms with E-state index in [-0.39, 0.29) is 30.0 Å². The number of ether oxygens (including phenoxy) is 1. The lowest BCUT2D eigenvalue weighted by Crippen LogP contribution is -2.41. The van der Waals surface area contributed by atoms with Crippen LogP contribution in [0.2, 0.25) is 0 Å². The van der Waals surface area contributed by atoms with Gasteiger partial charge < -0.3 is 15.4 Å². The van der Waals surface area contributed by atoms with Crippen molar-refractivity contribution in [3.8, 4) is 0 Å². The minimum absolute atomic E-state index is 0.0310. The fourth-order valence-electron chi connectivity index (χ4n) is 3.31. The lowest BCUT2D eigenvalue weighted by molar-refractivity contribution is -0.0230. The Morgan fingerprint density at radius 2 is 1.93 bits per heavy atom. The first kappa shape index (κ1) is 21.6. The van der Waals surface area contributed by atoms with E-state index < -0.39 is 11.5 Å². The Kier molecular flexibility index (Phi) is 6.84. The molecule has 0 saturated carbocycles. The van der Waals surface area contributed by atoms with Crippen LogP contribution >= 0.6 is 0 Å². The molecule has 1 atom stereocenters. The van der Waals surface area contributed by atoms with Crippen LogP contribution in [0, 0.1) is 5.92 Å². The van der Waals surface area contributed by atoms with Gasteiger partial charge in [0.2, 0.25) is 0 Å². The highest BCUT2D eigenvalue weighted by Gasteiger charge is 2.34. The molecule has 4 nitrogen and oxygen atoms in total. The van der Waals surface area contributed by atoms with Crippen molar-refractivity contribution >= 4 is 6.09 Å². The van der Waals surface area contributed by atoms with Gasteiger partial charge in [-0.25, -0.2) is 13.6 Å². The van der Waals surface area contributed by atoms with Gasteiger partial charge in [-0.1, -0.05) is 18.2 Å². The fourth-order valence-corrected chi connectivity index (χ4v) is 3.31. The molecule has 2 N–H and O–H groups in total. The number of alkyl halides is 2. The first-order valence-corrected chi connectivity index (χ1v) is 9.70. The number of nitrogens with zero attached hydrogens (tertiary/aromatic N) is 1. The van der Waals surface area contributed by atoms with E-state index in [4.69, 9.17) is 10.5 Å². The number of nitrogens with two attached hydrogens (primary N) is 1. The van der Waals surface area contributed by atoms with Crippen LogP contribution in [0.4, 0.5) is 13.6 Å². The summed E-state index contributed by atoms with van der Waals surface area (Å²) >= 11 is 0. The maximum absolute atomic E-state index is 14.6. The van der Waals surface area contributed by atoms with Crippen LogP contribution in [-0.2, 0) is 10.7 Å². The molecule has 0 unspecified atom stereocenters. The van der Waals surface area contributed by atoms with E-state index in [2.05, 4.69) is 0 Å². The maximum Gasteiger partial charge on any atom is 0.410 e. The Labute approximate surface area is 161 Å². The molecular weight excluding hydrogens is 350 g/mol. The summed E-state index contributed by atoms with van der Waals surface area (Å²) in [6, 6.07) is 6.13. The van der Waals surface area contributed by atoms with E-state index in [1.807, 2.05) is 20.8 Å². The molecule has 1 saturated heterocycles. The number of hydrogen-bond acceptors (Lipinski definition) is 3. The fraction of sp³-hybridized carbons (Fsp3) is 0.667. The molecule has 2 rings (SSSR count). The summed E-state index contributed by atoms with van der Waals surface area (Å²) in [6.07, 6.45) is 1.40. The number of benzene rings is 1. The Morgan fingerprint density at radius 3 is 2.48 bits per heavy atom. The highest BCUT2D eigenvalue weighted by molar-refractivity contribution is 5.68. The number of hydrogen-bond donors (Lipinski definition) is 1. The van der Waals surface area contributed by atoms with Gasteiger partial charge in [0.1, 0.15) is 5.60 Å². The molecule has 1 heterocycles. The van der Waals surface area contributed by atoms with Crippen LogP contribution in [0.25, 0.3) is 0 Å². The predicted molar refractivity (Wildman–Crippen MR) is 103 cm³/mol. The zero-order valence-corrected chi connectivity index (χ0v) is 16.8. The quantitative estimate of drug-likeness (QED) is 0.759. The van der Waals surface area contributed by atoms with E-state index in [1.165, 1.54) is 12.1 Å². The Morgan fingerprint density at radius 1 is 1.30 bits per heavy atom. The molecule has 1 aliphatic heterocycles. The second-order valence-corrected chi connectivity index (χ2v) is 8.57. The Hall–Kier alpha value is -1.69. The molecule has 0 aromatic heterocycles. The van der Waals surface area contributed by atoms with Gasteiger partial charge in [-0.3, -0.25) is 0 Å². The topological polar surface area (TPSA) is 55.6 Å². The van der Waals surface area contributed by atoms with Crippen LogP contribution in [0.3, 0.4) is 0 Å². The monoisotopic (exact) mass is 382 g/mol. The van der Waals surface area contributed by atoms with Crippen molar-refractivity contribution in [3.05, 3.63) is 35.4 Å². The Balaban J connectivity index is 1.85. The zero-order chi connectivity index (χ0) is 20.2. The summed E-state index contributed by atoms with van der Waals surface area (Å²) in [7, 11) is 0. The van der Waals surface area contributed by atoms with Gasteiger partial charge >= 0.3 is 6.09 Å². The first-order valence-electron chi connectivity index (χ1n) is 9.70. The average Bonchev–Trinajstić information content (AvgIpc) is 2.59. The molecule has 27 heavy (non-hydrogen) atoms. The van der Waals surface area contributed by atoms with E-state index in [1.54, 1.807) is 24.0 Å². The number of piperidine rings is 1. The summed E-state index contributed by atoms with van der Waals surface area (Å²) in [4.78, 5) is 13.8. The van der Waals surface area contributed by atoms with Crippen LogP contribution < -0.4 is 5.73 Å². The largest absolute Gasteiger partial charge is 0.444 e. The number of rotatable bonds is 5. The molecule has 0 aliphatic carbocycles. The summed E-state index contributed by atoms with van der Waals surface area (Å²) in [5.74, 6) is -2.67. The average molecular weight is 382 g/mol. The molecule has 1 fully saturated rings. The van der Waals surface area contributed by atoms with Gasteiger partial charge in [-0.15, -0.1) is 0 Å². The smallest absolute Gasteiger partial charge is 0.410 e. The van der Waals surface area contributed by atoms with E-state index in [0.717, 1.165) is 18.4 Å². The summed E-state index contributed by atoms with van der Waals surface area (Å²) in [5.41, 5.74) is 6.03. The second kappa shape index (κ2) is 8.55. The first-order chi connectivity index (χ1) is 12.5. The number of carbonyl (C=O) groups excluding carboxylic acids is 1. The van der Waals surface area contributed by atoms with Gasteiger partial charge in [-0.2, -0.15) is 0 Å². The third kappa shape index (κ3) is 6.45. The van der Waals surface area contributed by atoms with Crippen LogP contribution in [0.1, 0.15) is 70.5 Å². The standard InChI is InChI=1S/C21H32F2N2O2/c1-15(24)17-6-5-7-18(14-17)21(22,23)11-8-16-9-12-25(13-10-16)19(26)27-20(2,3)4/h5-7,14-16H,8-13,24H2,1-4H3/t15-/m1/s1. The van der Waals surface area contributed by atoms with Gasteiger partial charge in [0.15, 0.2) is 0 Å². The lowest BCUT2D eigenvalue weighted by atomic mass is 9.89. The van der Waals surface area contributed by atoms with Crippen LogP contribution in [0.5, 0.6) is 0 Å². The lowest BCUT2D eigenvalue weighted by Gasteiger charge is -2.34. The van der Waals surface area contributed by atoms with Crippen molar-refractivity contribution in [3.63, 3.8) is 0 Å². The van der Waals surface area contributed by atoms with Crippen molar-refractivity contribution in [2.45, 2.75) is 70.9 Å². The molecule has 1 amide bonds. The van der Waals surface area contributed by atoms with Gasteiger partial charge in [-0.05, 0) is 64.5 Å². The highest BCUT2D eigenvalue weighted by atomic mass is 19.3. The summed E-state index contributed by atoms with van der Waals surface area (Å²) in [5, 5.41) is 0. The summed E-state index contributed by atoms with van der Waals surface area (Å²) in [6.45, 7) is 8.41. The van der Waals surface area contributed by atoms with Crippen molar-refractivity contribution in [1.82, 2.24) is 4.90 Å². The van der Waals surface area contributed by atoms with Crippen LogP contribution in [0.15, 0.2) is 24.3 Å². The molecule has 1 aromatic carbocycles. The van der Waals surface area contributed by atoms with Crippen molar-refractivity contribution < 1.29 is 18.3 Å². The normalized spacial score (nSPS) is 17.7. The van der Waals surface area contributed by atoms with Gasteiger partial charge in [0, 0.05) is 31.1 Å². The minimum atomic E-state index is -2.87. The number of likely N-dealkylation sites (tertiary alicyclic amines) is 1. The molecule has 152 valence electrons. The van der Waals surface area contributed by atoms with Gasteiger partial charge in [0.25, 0.3) is 5.92 Å². The predicted octanol–water partition coefficient (Wildman–Crippen LogP) is 5.23. The third-order valence-corrected chi connectivity index (χ3v) is 4.97. The second-order valence-electron chi connectivity index (χ2n) is 8.57. The molecular formula is C21H32F2N2O2. The number of carbonyl (C=O) groups is 1. The van der Waals surface area contributed by atoms with Crippen molar-refractivity contribution in [1.29, 1.82) is 0 Å². The molecule has 6 heteroatoms. The van der Waals surface area contributed by atoms with Crippen LogP contribution in [-0.4, -0.2) is 29.7 Å². The van der Waals surface area contributed by atoms with E-state index >= 15 is 0 Å². The maximum atomic E-state index is 14.6. The van der Waals surface area contributed by atoms with E-state index in [0.29, 0.717) is 19.5 Å². The molecule has 1 aliphatic rings. The van der Waals surface area contributed by atoms with Crippen molar-refractivity contribution in [2.75, 3.05) is 13.1 Å². The third-order valence-electron chi connectivity index (χ3n) is 4.97. The Bertz CT molecular complexity index is 633. The van der Waals surface area contributed by atoms with E-state index in [9.17, 15) is 13.6 Å². The number of halogens is 2. The molecule has 1 aromatic rings. The van der Waals surface area contributed by atoms with Gasteiger partial charge in [0.05, 0.1) is 0 Å². The number of amides is 1. The molecule has 0 spiro atoms. The zero-order valence-electron chi connectivity index (χ0n) is 16.8. The minimum Gasteiger partial charge on any atom is -0.444 e. The highest BCUT2D eigenvalue weighted by Crippen LogP contribution is 2.36. The SMILES string of the molecule is C[C@@H](N)c1cccc(C(F)(F)CCC2CCN(C(=O)OC(C)(C)C)CC2)c1. The summed E-state index contributed by atoms with van der Waals surface area (Å²) < 4.78 is 34.6.